The molecule has 5 heterocycles. The molecule has 432 valence electrons. The number of carbonyl (C=O) groups excluding carboxylic acids is 7. The largest absolute Gasteiger partial charge is 0.461 e. The molecule has 0 bridgehead atoms. The number of H-pyrrole nitrogens is 1. The van der Waals surface area contributed by atoms with E-state index in [1.54, 1.807) is 66.7 Å². The van der Waals surface area contributed by atoms with Gasteiger partial charge in [-0.2, -0.15) is 0 Å². The Balaban J connectivity index is 0.00000345. The van der Waals surface area contributed by atoms with Gasteiger partial charge in [0.1, 0.15) is 44.8 Å². The highest BCUT2D eigenvalue weighted by Gasteiger charge is 2.25. The fraction of sp³-hybridized carbons (Fsp3) is 0.345. The number of aryl methyl sites for hydroxylation is 1. The number of aldehydes is 1. The Morgan fingerprint density at radius 1 is 0.852 bits per heavy atom. The van der Waals surface area contributed by atoms with E-state index in [0.29, 0.717) is 68.0 Å². The van der Waals surface area contributed by atoms with E-state index >= 15 is 0 Å². The lowest BCUT2D eigenvalue weighted by Gasteiger charge is -2.17. The molecule has 6 rings (SSSR count). The zero-order valence-electron chi connectivity index (χ0n) is 46.6. The van der Waals surface area contributed by atoms with Gasteiger partial charge in [-0.15, -0.1) is 57.1 Å². The Kier molecular flexibility index (Phi) is 28.8. The molecule has 81 heavy (non-hydrogen) atoms. The Hall–Kier alpha value is -6.94. The molecule has 0 aliphatic rings. The average Bonchev–Trinajstić information content (AvgIpc) is 4.44. The number of aromatic nitrogens is 5. The fourth-order valence-corrected chi connectivity index (χ4v) is 12.2. The normalized spacial score (nSPS) is 12.6. The number of aromatic amines is 1. The van der Waals surface area contributed by atoms with Gasteiger partial charge in [0.2, 0.25) is 11.0 Å². The summed E-state index contributed by atoms with van der Waals surface area (Å²) in [5.41, 5.74) is 6.25. The van der Waals surface area contributed by atoms with E-state index in [-0.39, 0.29) is 59.3 Å². The van der Waals surface area contributed by atoms with E-state index in [0.717, 1.165) is 39.2 Å². The number of carbonyl (C=O) groups is 7. The highest BCUT2D eigenvalue weighted by Crippen LogP contribution is 2.31. The molecule has 0 radical (unpaired) electrons. The van der Waals surface area contributed by atoms with Crippen molar-refractivity contribution in [1.29, 1.82) is 5.41 Å². The summed E-state index contributed by atoms with van der Waals surface area (Å²) in [6.07, 6.45) is 9.65. The Labute approximate surface area is 495 Å². The van der Waals surface area contributed by atoms with Crippen LogP contribution in [0, 0.1) is 12.3 Å². The van der Waals surface area contributed by atoms with E-state index in [2.05, 4.69) is 51.8 Å². The van der Waals surface area contributed by atoms with Crippen molar-refractivity contribution in [3.63, 3.8) is 0 Å². The highest BCUT2D eigenvalue weighted by molar-refractivity contribution is 8.14. The number of rotatable bonds is 28. The molecule has 1 aromatic carbocycles. The third-order valence-corrected chi connectivity index (χ3v) is 16.6. The SMILES string of the molecule is C/C=C(\NC(=O)C(CC)NC(=O)c1cscn1)c1nc(C(=O)NC(CCC(=O)OCc2cccc3[nH]c(C(=O)SCC(NC)c4nc(/C=C/C=C\C(=N)c5nc(C(=O)NC)cs5)cs4)c(C)c23)CS/C=C(/C=O)NC)cs1.CC.CC. The van der Waals surface area contributed by atoms with Crippen LogP contribution < -0.4 is 31.9 Å². The van der Waals surface area contributed by atoms with E-state index in [9.17, 15) is 33.6 Å². The predicted molar refractivity (Wildman–Crippen MR) is 330 cm³/mol. The molecular formula is C55H68N12O8S6. The number of ether oxygens (including phenoxy) is 1. The average molecular weight is 1220 g/mol. The molecule has 0 aliphatic carbocycles. The van der Waals surface area contributed by atoms with Crippen LogP contribution in [0.4, 0.5) is 0 Å². The van der Waals surface area contributed by atoms with Crippen LogP contribution in [0.25, 0.3) is 22.7 Å². The summed E-state index contributed by atoms with van der Waals surface area (Å²) in [7, 11) is 4.95. The number of hydrogen-bond donors (Lipinski definition) is 8. The van der Waals surface area contributed by atoms with Gasteiger partial charge in [-0.1, -0.05) is 76.7 Å². The first kappa shape index (κ1) is 66.6. The van der Waals surface area contributed by atoms with Crippen molar-refractivity contribution in [3.05, 3.63) is 135 Å². The van der Waals surface area contributed by atoms with Gasteiger partial charge in [0.05, 0.1) is 40.0 Å². The number of esters is 1. The minimum absolute atomic E-state index is 0.0535. The van der Waals surface area contributed by atoms with Crippen LogP contribution in [0.2, 0.25) is 0 Å². The molecule has 4 amide bonds. The van der Waals surface area contributed by atoms with Crippen LogP contribution in [0.5, 0.6) is 0 Å². The maximum absolute atomic E-state index is 13.7. The van der Waals surface area contributed by atoms with Crippen molar-refractivity contribution in [2.45, 2.75) is 92.5 Å². The van der Waals surface area contributed by atoms with Crippen molar-refractivity contribution >= 4 is 138 Å². The summed E-state index contributed by atoms with van der Waals surface area (Å²) in [6, 6.07) is 3.88. The van der Waals surface area contributed by atoms with Crippen LogP contribution >= 0.6 is 68.9 Å². The zero-order valence-corrected chi connectivity index (χ0v) is 51.5. The van der Waals surface area contributed by atoms with E-state index in [4.69, 9.17) is 15.1 Å². The molecule has 0 saturated heterocycles. The lowest BCUT2D eigenvalue weighted by Crippen LogP contribution is -2.45. The van der Waals surface area contributed by atoms with Gasteiger partial charge < -0.3 is 41.6 Å². The molecule has 26 heteroatoms. The first-order valence-electron chi connectivity index (χ1n) is 25.7. The van der Waals surface area contributed by atoms with Crippen molar-refractivity contribution in [2.75, 3.05) is 32.6 Å². The monoisotopic (exact) mass is 1220 g/mol. The number of allylic oxidation sites excluding steroid dienone is 5. The Morgan fingerprint density at radius 2 is 1.57 bits per heavy atom. The van der Waals surface area contributed by atoms with E-state index in [1.165, 1.54) is 58.3 Å². The molecule has 3 unspecified atom stereocenters. The number of likely N-dealkylation sites (N-methyl/N-ethyl adjacent to an activating group) is 1. The van der Waals surface area contributed by atoms with Crippen molar-refractivity contribution < 1.29 is 38.3 Å². The van der Waals surface area contributed by atoms with E-state index in [1.807, 2.05) is 71.3 Å². The molecule has 20 nitrogen and oxygen atoms in total. The van der Waals surface area contributed by atoms with Gasteiger partial charge in [0.15, 0.2) is 6.29 Å². The number of nitrogens with zero attached hydrogens (tertiary/aromatic N) is 4. The third kappa shape index (κ3) is 19.6. The van der Waals surface area contributed by atoms with Gasteiger partial charge in [-0.25, -0.2) is 19.9 Å². The summed E-state index contributed by atoms with van der Waals surface area (Å²) in [4.78, 5) is 110. The topological polar surface area (TPSA) is 292 Å². The summed E-state index contributed by atoms with van der Waals surface area (Å²) in [5.74, 6) is -1.56. The number of benzene rings is 1. The van der Waals surface area contributed by atoms with Crippen LogP contribution in [0.15, 0.2) is 80.6 Å². The van der Waals surface area contributed by atoms with Crippen LogP contribution in [-0.4, -0.2) is 116 Å². The van der Waals surface area contributed by atoms with Gasteiger partial charge in [0, 0.05) is 70.5 Å². The van der Waals surface area contributed by atoms with Crippen molar-refractivity contribution in [2.24, 2.45) is 0 Å². The number of hydrogen-bond acceptors (Lipinski definition) is 21. The van der Waals surface area contributed by atoms with E-state index < -0.39 is 35.8 Å². The summed E-state index contributed by atoms with van der Waals surface area (Å²) in [6.45, 7) is 13.3. The van der Waals surface area contributed by atoms with Crippen LogP contribution in [0.1, 0.15) is 141 Å². The molecule has 3 atom stereocenters. The first-order chi connectivity index (χ1) is 39.2. The first-order valence-corrected chi connectivity index (χ1v) is 31.4. The smallest absolute Gasteiger partial charge is 0.306 e. The second-order valence-electron chi connectivity index (χ2n) is 16.4. The second-order valence-corrected chi connectivity index (χ2v) is 21.7. The standard InChI is InChI=1S/C51H56N12O8S6.2C2H6/c1-7-34(60-46(68)37-23-73-27-56-37)45(67)61-35(8-2)49-63-39(25-76-49)47(69)57-31(20-72-21-32(18-64)53-4)16-17-41(65)71-19-29-12-11-15-36-42(29)28(3)43(59-36)51(70)77-26-40(54-5)50-58-30(22-74-50)13-9-10-14-33(52)48-62-38(24-75-48)44(66)55-6;2*1-2/h8-15,18,21-25,27,31,34,40,52-54,59H,7,16-17,19-20,26H2,1-6H3,(H,55,66)(H,57,69)(H,60,68)(H,61,67);2*1-2H3/b13-9+,14-10-,32-21-,35-8-,52-33?;;. The van der Waals surface area contributed by atoms with Gasteiger partial charge >= 0.3 is 5.97 Å². The summed E-state index contributed by atoms with van der Waals surface area (Å²) in [5, 5.41) is 35.8. The summed E-state index contributed by atoms with van der Waals surface area (Å²) >= 11 is 7.52. The molecule has 0 saturated carbocycles. The quantitative estimate of drug-likeness (QED) is 0.00746. The molecule has 0 fully saturated rings. The molecule has 8 N–H and O–H groups in total. The van der Waals surface area contributed by atoms with Crippen molar-refractivity contribution in [1.82, 2.24) is 56.8 Å². The maximum atomic E-state index is 13.7. The van der Waals surface area contributed by atoms with Crippen molar-refractivity contribution in [3.8, 4) is 0 Å². The Bertz CT molecular complexity index is 3210. The second kappa shape index (κ2) is 35.0. The van der Waals surface area contributed by atoms with Crippen LogP contribution in [-0.2, 0) is 25.7 Å². The molecule has 0 spiro atoms. The van der Waals surface area contributed by atoms with Crippen LogP contribution in [0.3, 0.4) is 0 Å². The molecular weight excluding hydrogens is 1150 g/mol. The van der Waals surface area contributed by atoms with Gasteiger partial charge in [-0.3, -0.25) is 39.0 Å². The highest BCUT2D eigenvalue weighted by atomic mass is 32.2. The minimum Gasteiger partial charge on any atom is -0.461 e. The number of fused-ring (bicyclic) bond motifs is 1. The Morgan fingerprint density at radius 3 is 2.23 bits per heavy atom. The molecule has 5 aromatic heterocycles. The van der Waals surface area contributed by atoms with Gasteiger partial charge in [0.25, 0.3) is 17.7 Å². The lowest BCUT2D eigenvalue weighted by atomic mass is 10.1. The van der Waals surface area contributed by atoms with Gasteiger partial charge in [-0.05, 0) is 68.5 Å². The maximum Gasteiger partial charge on any atom is 0.306 e. The number of thiazole rings is 4. The molecule has 0 aliphatic heterocycles. The molecule has 6 aromatic rings. The number of amides is 4. The number of nitrogens with one attached hydrogen (secondary N) is 8. The lowest BCUT2D eigenvalue weighted by molar-refractivity contribution is -0.145. The minimum atomic E-state index is -0.849. The predicted octanol–water partition coefficient (Wildman–Crippen LogP) is 9.49. The zero-order chi connectivity index (χ0) is 59.4. The number of thioether (sulfide) groups is 2. The third-order valence-electron chi connectivity index (χ3n) is 11.3. The fourth-order valence-electron chi connectivity index (χ4n) is 7.14. The summed E-state index contributed by atoms with van der Waals surface area (Å²) < 4.78 is 5.78.